The van der Waals surface area contributed by atoms with E-state index < -0.39 is 0 Å². The second-order valence-electron chi connectivity index (χ2n) is 5.25. The Morgan fingerprint density at radius 2 is 2.14 bits per heavy atom. The second-order valence-corrected chi connectivity index (χ2v) is 5.25. The van der Waals surface area contributed by atoms with E-state index in [-0.39, 0.29) is 17.2 Å². The zero-order valence-electron chi connectivity index (χ0n) is 11.7. The Kier molecular flexibility index (Phi) is 3.32. The van der Waals surface area contributed by atoms with Gasteiger partial charge in [0, 0.05) is 36.3 Å². The molecular formula is C16H15FN4. The van der Waals surface area contributed by atoms with Gasteiger partial charge < -0.3 is 10.6 Å². The van der Waals surface area contributed by atoms with E-state index >= 15 is 0 Å². The number of likely N-dealkylation sites (N-methyl/N-ethyl adjacent to an activating group) is 1. The first-order valence-electron chi connectivity index (χ1n) is 6.76. The third kappa shape index (κ3) is 2.24. The van der Waals surface area contributed by atoms with E-state index in [1.54, 1.807) is 18.2 Å². The molecule has 0 fully saturated rings. The van der Waals surface area contributed by atoms with Crippen molar-refractivity contribution >= 4 is 5.82 Å². The molecule has 1 aliphatic rings. The van der Waals surface area contributed by atoms with Crippen LogP contribution < -0.4 is 5.73 Å². The standard InChI is InChI=1S/C16H15FN4/c1-21-7-6-14-12(9-21)15(11(8-18)16(19)20-14)10-4-2-3-5-13(10)17/h2-5H,6-7,9H2,1H3,(H2,19,20). The van der Waals surface area contributed by atoms with E-state index in [0.717, 1.165) is 24.2 Å². The highest BCUT2D eigenvalue weighted by Gasteiger charge is 2.25. The molecular weight excluding hydrogens is 267 g/mol. The quantitative estimate of drug-likeness (QED) is 0.871. The molecule has 2 aromatic rings. The average molecular weight is 282 g/mol. The molecule has 0 amide bonds. The molecule has 4 nitrogen and oxygen atoms in total. The van der Waals surface area contributed by atoms with Crippen LogP contribution in [0.3, 0.4) is 0 Å². The summed E-state index contributed by atoms with van der Waals surface area (Å²) in [7, 11) is 2.00. The fraction of sp³-hybridized carbons (Fsp3) is 0.250. The van der Waals surface area contributed by atoms with Crippen LogP contribution in [0.25, 0.3) is 11.1 Å². The zero-order chi connectivity index (χ0) is 15.0. The molecule has 2 N–H and O–H groups in total. The molecule has 0 saturated heterocycles. The van der Waals surface area contributed by atoms with Crippen LogP contribution in [-0.4, -0.2) is 23.5 Å². The van der Waals surface area contributed by atoms with Gasteiger partial charge in [-0.1, -0.05) is 18.2 Å². The van der Waals surface area contributed by atoms with E-state index in [4.69, 9.17) is 5.73 Å². The molecule has 0 unspecified atom stereocenters. The summed E-state index contributed by atoms with van der Waals surface area (Å²) in [6.07, 6.45) is 0.753. The van der Waals surface area contributed by atoms with Crippen molar-refractivity contribution in [2.45, 2.75) is 13.0 Å². The summed E-state index contributed by atoms with van der Waals surface area (Å²) in [5.41, 5.74) is 8.93. The van der Waals surface area contributed by atoms with Crippen LogP contribution >= 0.6 is 0 Å². The Morgan fingerprint density at radius 1 is 1.38 bits per heavy atom. The van der Waals surface area contributed by atoms with Crippen molar-refractivity contribution in [1.82, 2.24) is 9.88 Å². The number of halogens is 1. The third-order valence-corrected chi connectivity index (χ3v) is 3.83. The predicted molar refractivity (Wildman–Crippen MR) is 78.8 cm³/mol. The monoisotopic (exact) mass is 282 g/mol. The van der Waals surface area contributed by atoms with Crippen LogP contribution in [0.15, 0.2) is 24.3 Å². The number of benzene rings is 1. The van der Waals surface area contributed by atoms with Crippen molar-refractivity contribution in [3.8, 4) is 17.2 Å². The molecule has 1 aromatic carbocycles. The fourth-order valence-electron chi connectivity index (χ4n) is 2.79. The first-order valence-corrected chi connectivity index (χ1v) is 6.76. The van der Waals surface area contributed by atoms with Crippen molar-refractivity contribution < 1.29 is 4.39 Å². The summed E-state index contributed by atoms with van der Waals surface area (Å²) in [5, 5.41) is 9.41. The number of nitrogens with two attached hydrogens (primary N) is 1. The van der Waals surface area contributed by atoms with E-state index in [2.05, 4.69) is 16.0 Å². The lowest BCUT2D eigenvalue weighted by Gasteiger charge is -2.27. The normalized spacial score (nSPS) is 14.5. The number of nitriles is 1. The van der Waals surface area contributed by atoms with E-state index in [0.29, 0.717) is 17.7 Å². The largest absolute Gasteiger partial charge is 0.383 e. The number of rotatable bonds is 1. The lowest BCUT2D eigenvalue weighted by molar-refractivity contribution is 0.310. The average Bonchev–Trinajstić information content (AvgIpc) is 2.47. The molecule has 0 aliphatic carbocycles. The summed E-state index contributed by atoms with van der Waals surface area (Å²) < 4.78 is 14.2. The maximum absolute atomic E-state index is 14.2. The SMILES string of the molecule is CN1CCc2nc(N)c(C#N)c(-c3ccccc3F)c2C1. The molecule has 5 heteroatoms. The summed E-state index contributed by atoms with van der Waals surface area (Å²) in [6.45, 7) is 1.52. The molecule has 0 saturated carbocycles. The highest BCUT2D eigenvalue weighted by molar-refractivity contribution is 5.79. The van der Waals surface area contributed by atoms with Crippen molar-refractivity contribution in [3.63, 3.8) is 0 Å². The van der Waals surface area contributed by atoms with Crippen molar-refractivity contribution in [2.24, 2.45) is 0 Å². The van der Waals surface area contributed by atoms with Gasteiger partial charge in [0.1, 0.15) is 23.3 Å². The second kappa shape index (κ2) is 5.15. The first kappa shape index (κ1) is 13.5. The van der Waals surface area contributed by atoms with Crippen LogP contribution in [0.2, 0.25) is 0 Å². The molecule has 0 radical (unpaired) electrons. The Balaban J connectivity index is 2.35. The highest BCUT2D eigenvalue weighted by atomic mass is 19.1. The van der Waals surface area contributed by atoms with Crippen molar-refractivity contribution in [3.05, 3.63) is 46.9 Å². The number of hydrogen-bond donors (Lipinski definition) is 1. The van der Waals surface area contributed by atoms with Crippen LogP contribution in [0.5, 0.6) is 0 Å². The van der Waals surface area contributed by atoms with Gasteiger partial charge in [-0.15, -0.1) is 0 Å². The maximum atomic E-state index is 14.2. The van der Waals surface area contributed by atoms with Crippen LogP contribution in [0.1, 0.15) is 16.8 Å². The number of hydrogen-bond acceptors (Lipinski definition) is 4. The Morgan fingerprint density at radius 3 is 2.86 bits per heavy atom. The van der Waals surface area contributed by atoms with Crippen molar-refractivity contribution in [2.75, 3.05) is 19.3 Å². The van der Waals surface area contributed by atoms with E-state index in [1.807, 2.05) is 7.05 Å². The molecule has 0 spiro atoms. The molecule has 21 heavy (non-hydrogen) atoms. The fourth-order valence-corrected chi connectivity index (χ4v) is 2.79. The summed E-state index contributed by atoms with van der Waals surface area (Å²) in [4.78, 5) is 6.47. The first-order chi connectivity index (χ1) is 10.1. The summed E-state index contributed by atoms with van der Waals surface area (Å²) >= 11 is 0. The molecule has 1 aromatic heterocycles. The molecule has 0 atom stereocenters. The van der Waals surface area contributed by atoms with Gasteiger partial charge in [-0.05, 0) is 18.7 Å². The van der Waals surface area contributed by atoms with Gasteiger partial charge in [0.05, 0.1) is 0 Å². The van der Waals surface area contributed by atoms with Gasteiger partial charge in [0.2, 0.25) is 0 Å². The highest BCUT2D eigenvalue weighted by Crippen LogP contribution is 2.35. The van der Waals surface area contributed by atoms with Gasteiger partial charge in [-0.25, -0.2) is 9.37 Å². The molecule has 106 valence electrons. The zero-order valence-corrected chi connectivity index (χ0v) is 11.7. The molecule has 1 aliphatic heterocycles. The minimum atomic E-state index is -0.352. The lowest BCUT2D eigenvalue weighted by atomic mass is 9.91. The Labute approximate surface area is 122 Å². The minimum absolute atomic E-state index is 0.180. The number of nitrogen functional groups attached to an aromatic ring is 1. The minimum Gasteiger partial charge on any atom is -0.383 e. The topological polar surface area (TPSA) is 65.9 Å². The summed E-state index contributed by atoms with van der Waals surface area (Å²) in [6, 6.07) is 8.55. The van der Waals surface area contributed by atoms with E-state index in [1.165, 1.54) is 6.07 Å². The number of pyridine rings is 1. The third-order valence-electron chi connectivity index (χ3n) is 3.83. The lowest BCUT2D eigenvalue weighted by Crippen LogP contribution is -2.28. The molecule has 3 rings (SSSR count). The van der Waals surface area contributed by atoms with Crippen LogP contribution in [-0.2, 0) is 13.0 Å². The number of aromatic nitrogens is 1. The van der Waals surface area contributed by atoms with Gasteiger partial charge in [0.15, 0.2) is 0 Å². The number of fused-ring (bicyclic) bond motifs is 1. The predicted octanol–water partition coefficient (Wildman–Crippen LogP) is 2.33. The van der Waals surface area contributed by atoms with Crippen molar-refractivity contribution in [1.29, 1.82) is 5.26 Å². The van der Waals surface area contributed by atoms with Gasteiger partial charge in [-0.3, -0.25) is 0 Å². The molecule has 2 heterocycles. The smallest absolute Gasteiger partial charge is 0.142 e. The Hall–Kier alpha value is -2.45. The van der Waals surface area contributed by atoms with Crippen LogP contribution in [0, 0.1) is 17.1 Å². The van der Waals surface area contributed by atoms with Gasteiger partial charge >= 0.3 is 0 Å². The van der Waals surface area contributed by atoms with Gasteiger partial charge in [0.25, 0.3) is 0 Å². The summed E-state index contributed by atoms with van der Waals surface area (Å²) in [5.74, 6) is -0.172. The number of anilines is 1. The Bertz CT molecular complexity index is 749. The molecule has 0 bridgehead atoms. The number of nitrogens with zero attached hydrogens (tertiary/aromatic N) is 3. The van der Waals surface area contributed by atoms with Crippen LogP contribution in [0.4, 0.5) is 10.2 Å². The van der Waals surface area contributed by atoms with Gasteiger partial charge in [-0.2, -0.15) is 5.26 Å². The van der Waals surface area contributed by atoms with E-state index in [9.17, 15) is 9.65 Å². The maximum Gasteiger partial charge on any atom is 0.142 e.